The second-order valence-corrected chi connectivity index (χ2v) is 5.92. The second-order valence-electron chi connectivity index (χ2n) is 5.92. The summed E-state index contributed by atoms with van der Waals surface area (Å²) in [7, 11) is 0. The molecule has 4 unspecified atom stereocenters. The summed E-state index contributed by atoms with van der Waals surface area (Å²) >= 11 is 0. The number of carbonyl (C=O) groups is 1. The molecule has 1 aliphatic carbocycles. The molecular formula is C15H28O. The molecular weight excluding hydrogens is 196 g/mol. The van der Waals surface area contributed by atoms with Crippen molar-refractivity contribution in [3.63, 3.8) is 0 Å². The van der Waals surface area contributed by atoms with Crippen LogP contribution in [0.3, 0.4) is 0 Å². The van der Waals surface area contributed by atoms with Gasteiger partial charge in [0.15, 0.2) is 0 Å². The summed E-state index contributed by atoms with van der Waals surface area (Å²) in [6.07, 6.45) is 8.62. The Kier molecular flexibility index (Phi) is 5.01. The molecule has 0 heterocycles. The Bertz CT molecular complexity index is 223. The SMILES string of the molecule is CCCCC1(C)C(C=O)CCC1C(C)CC. The summed E-state index contributed by atoms with van der Waals surface area (Å²) in [6, 6.07) is 0. The van der Waals surface area contributed by atoms with Gasteiger partial charge < -0.3 is 4.79 Å². The van der Waals surface area contributed by atoms with Crippen LogP contribution in [0.4, 0.5) is 0 Å². The van der Waals surface area contributed by atoms with Crippen molar-refractivity contribution in [2.75, 3.05) is 0 Å². The van der Waals surface area contributed by atoms with Gasteiger partial charge in [-0.1, -0.05) is 47.0 Å². The van der Waals surface area contributed by atoms with E-state index in [2.05, 4.69) is 27.7 Å². The van der Waals surface area contributed by atoms with Crippen LogP contribution in [0, 0.1) is 23.2 Å². The third-order valence-corrected chi connectivity index (χ3v) is 5.05. The fraction of sp³-hybridized carbons (Fsp3) is 0.933. The highest BCUT2D eigenvalue weighted by Crippen LogP contribution is 2.53. The molecule has 94 valence electrons. The Hall–Kier alpha value is -0.330. The molecule has 1 aliphatic rings. The Balaban J connectivity index is 2.80. The fourth-order valence-electron chi connectivity index (χ4n) is 3.66. The van der Waals surface area contributed by atoms with Gasteiger partial charge in [-0.25, -0.2) is 0 Å². The summed E-state index contributed by atoms with van der Waals surface area (Å²) < 4.78 is 0. The Morgan fingerprint density at radius 3 is 2.56 bits per heavy atom. The second kappa shape index (κ2) is 5.84. The number of rotatable bonds is 6. The third-order valence-electron chi connectivity index (χ3n) is 5.05. The van der Waals surface area contributed by atoms with Gasteiger partial charge in [0.2, 0.25) is 0 Å². The highest BCUT2D eigenvalue weighted by molar-refractivity contribution is 5.56. The summed E-state index contributed by atoms with van der Waals surface area (Å²) in [5.74, 6) is 1.85. The molecule has 0 aliphatic heterocycles. The van der Waals surface area contributed by atoms with Crippen LogP contribution in [0.25, 0.3) is 0 Å². The topological polar surface area (TPSA) is 17.1 Å². The van der Waals surface area contributed by atoms with Crippen LogP contribution < -0.4 is 0 Å². The Morgan fingerprint density at radius 1 is 1.38 bits per heavy atom. The van der Waals surface area contributed by atoms with E-state index in [1.54, 1.807) is 0 Å². The van der Waals surface area contributed by atoms with E-state index in [1.807, 2.05) is 0 Å². The van der Waals surface area contributed by atoms with Crippen LogP contribution in [0.5, 0.6) is 0 Å². The zero-order chi connectivity index (χ0) is 12.2. The zero-order valence-corrected chi connectivity index (χ0v) is 11.5. The first-order chi connectivity index (χ1) is 7.60. The minimum absolute atomic E-state index is 0.285. The maximum absolute atomic E-state index is 11.2. The third kappa shape index (κ3) is 2.49. The number of carbonyl (C=O) groups excluding carboxylic acids is 1. The van der Waals surface area contributed by atoms with Crippen LogP contribution >= 0.6 is 0 Å². The van der Waals surface area contributed by atoms with E-state index in [0.717, 1.165) is 18.3 Å². The van der Waals surface area contributed by atoms with Gasteiger partial charge in [0.25, 0.3) is 0 Å². The number of unbranched alkanes of at least 4 members (excludes halogenated alkanes) is 1. The van der Waals surface area contributed by atoms with Crippen LogP contribution in [-0.4, -0.2) is 6.29 Å². The average Bonchev–Trinajstić information content (AvgIpc) is 2.63. The van der Waals surface area contributed by atoms with Gasteiger partial charge in [0.05, 0.1) is 0 Å². The standard InChI is InChI=1S/C15H28O/c1-5-7-10-15(4)13(11-16)8-9-14(15)12(3)6-2/h11-14H,5-10H2,1-4H3. The lowest BCUT2D eigenvalue weighted by Gasteiger charge is -2.38. The molecule has 0 aromatic heterocycles. The molecule has 0 saturated heterocycles. The van der Waals surface area contributed by atoms with Gasteiger partial charge in [-0.05, 0) is 36.5 Å². The van der Waals surface area contributed by atoms with Crippen LogP contribution in [0.15, 0.2) is 0 Å². The van der Waals surface area contributed by atoms with Crippen LogP contribution in [0.1, 0.15) is 66.2 Å². The average molecular weight is 224 g/mol. The minimum Gasteiger partial charge on any atom is -0.303 e. The molecule has 1 rings (SSSR count). The maximum atomic E-state index is 11.2. The first kappa shape index (κ1) is 13.7. The molecule has 0 radical (unpaired) electrons. The lowest BCUT2D eigenvalue weighted by molar-refractivity contribution is -0.114. The highest BCUT2D eigenvalue weighted by atomic mass is 16.1. The molecule has 1 saturated carbocycles. The van der Waals surface area contributed by atoms with Crippen molar-refractivity contribution < 1.29 is 4.79 Å². The number of aldehydes is 1. The molecule has 1 nitrogen and oxygen atoms in total. The Morgan fingerprint density at radius 2 is 2.06 bits per heavy atom. The van der Waals surface area contributed by atoms with Gasteiger partial charge in [-0.2, -0.15) is 0 Å². The monoisotopic (exact) mass is 224 g/mol. The first-order valence-electron chi connectivity index (χ1n) is 7.05. The largest absolute Gasteiger partial charge is 0.303 e. The van der Waals surface area contributed by atoms with Gasteiger partial charge in [-0.3, -0.25) is 0 Å². The molecule has 0 amide bonds. The van der Waals surface area contributed by atoms with E-state index in [0.29, 0.717) is 5.92 Å². The predicted molar refractivity (Wildman–Crippen MR) is 69.4 cm³/mol. The quantitative estimate of drug-likeness (QED) is 0.609. The lowest BCUT2D eigenvalue weighted by Crippen LogP contribution is -2.33. The van der Waals surface area contributed by atoms with Gasteiger partial charge in [-0.15, -0.1) is 0 Å². The lowest BCUT2D eigenvalue weighted by atomic mass is 9.66. The van der Waals surface area contributed by atoms with Crippen molar-refractivity contribution in [1.82, 2.24) is 0 Å². The van der Waals surface area contributed by atoms with Crippen molar-refractivity contribution in [1.29, 1.82) is 0 Å². The van der Waals surface area contributed by atoms with E-state index in [4.69, 9.17) is 0 Å². The van der Waals surface area contributed by atoms with Gasteiger partial charge in [0.1, 0.15) is 6.29 Å². The van der Waals surface area contributed by atoms with Crippen molar-refractivity contribution >= 4 is 6.29 Å². The van der Waals surface area contributed by atoms with E-state index >= 15 is 0 Å². The fourth-order valence-corrected chi connectivity index (χ4v) is 3.66. The smallest absolute Gasteiger partial charge is 0.123 e. The summed E-state index contributed by atoms with van der Waals surface area (Å²) in [5.41, 5.74) is 0.285. The summed E-state index contributed by atoms with van der Waals surface area (Å²) in [6.45, 7) is 9.25. The molecule has 4 atom stereocenters. The van der Waals surface area contributed by atoms with Gasteiger partial charge >= 0.3 is 0 Å². The van der Waals surface area contributed by atoms with Gasteiger partial charge in [0, 0.05) is 5.92 Å². The predicted octanol–water partition coefficient (Wildman–Crippen LogP) is 4.45. The highest BCUT2D eigenvalue weighted by Gasteiger charge is 2.47. The molecule has 16 heavy (non-hydrogen) atoms. The molecule has 0 spiro atoms. The zero-order valence-electron chi connectivity index (χ0n) is 11.5. The molecule has 0 aromatic carbocycles. The summed E-state index contributed by atoms with van der Waals surface area (Å²) in [5, 5.41) is 0. The normalized spacial score (nSPS) is 36.2. The van der Waals surface area contributed by atoms with E-state index in [-0.39, 0.29) is 5.41 Å². The first-order valence-corrected chi connectivity index (χ1v) is 7.05. The number of hydrogen-bond acceptors (Lipinski definition) is 1. The maximum Gasteiger partial charge on any atom is 0.123 e. The summed E-state index contributed by atoms with van der Waals surface area (Å²) in [4.78, 5) is 11.2. The molecule has 1 fully saturated rings. The molecule has 0 N–H and O–H groups in total. The molecule has 1 heteroatoms. The van der Waals surface area contributed by atoms with E-state index in [9.17, 15) is 4.79 Å². The molecule has 0 aromatic rings. The van der Waals surface area contributed by atoms with Crippen molar-refractivity contribution in [3.8, 4) is 0 Å². The Labute approximate surface area is 101 Å². The van der Waals surface area contributed by atoms with Crippen molar-refractivity contribution in [3.05, 3.63) is 0 Å². The van der Waals surface area contributed by atoms with Crippen LogP contribution in [0.2, 0.25) is 0 Å². The number of hydrogen-bond donors (Lipinski definition) is 0. The minimum atomic E-state index is 0.285. The molecule has 0 bridgehead atoms. The van der Waals surface area contributed by atoms with Crippen LogP contribution in [-0.2, 0) is 4.79 Å². The van der Waals surface area contributed by atoms with E-state index < -0.39 is 0 Å². The van der Waals surface area contributed by atoms with Crippen molar-refractivity contribution in [2.45, 2.75) is 66.2 Å². The van der Waals surface area contributed by atoms with Crippen molar-refractivity contribution in [2.24, 2.45) is 23.2 Å². The van der Waals surface area contributed by atoms with E-state index in [1.165, 1.54) is 38.4 Å².